The third-order valence-electron chi connectivity index (χ3n) is 4.18. The van der Waals surface area contributed by atoms with Crippen LogP contribution < -0.4 is 10.1 Å². The van der Waals surface area contributed by atoms with E-state index in [0.717, 1.165) is 16.3 Å². The zero-order valence-electron chi connectivity index (χ0n) is 14.7. The van der Waals surface area contributed by atoms with Crippen molar-refractivity contribution in [3.8, 4) is 11.5 Å². The smallest absolute Gasteiger partial charge is 0.274 e. The van der Waals surface area contributed by atoms with Crippen LogP contribution in [-0.2, 0) is 0 Å². The highest BCUT2D eigenvalue weighted by Crippen LogP contribution is 2.27. The Hall–Kier alpha value is -3.73. The first-order valence-corrected chi connectivity index (χ1v) is 8.54. The van der Waals surface area contributed by atoms with Crippen LogP contribution in [-0.4, -0.2) is 15.9 Å². The van der Waals surface area contributed by atoms with E-state index >= 15 is 0 Å². The molecule has 1 amide bonds. The molecule has 0 bridgehead atoms. The minimum Gasteiger partial charge on any atom is -0.455 e. The molecule has 0 atom stereocenters. The number of anilines is 1. The summed E-state index contributed by atoms with van der Waals surface area (Å²) in [7, 11) is 0. The molecule has 2 heterocycles. The standard InChI is InChI=1S/C22H17N3O2/c1-15-13-17(8-9-20(15)27-18-6-4-11-23-14-18)25-22(26)21-19-7-3-2-5-16(19)10-12-24-21/h2-14H,1H3,(H,25,26). The van der Waals surface area contributed by atoms with Crippen LogP contribution in [0.1, 0.15) is 16.1 Å². The molecule has 132 valence electrons. The number of ether oxygens (including phenoxy) is 1. The highest BCUT2D eigenvalue weighted by atomic mass is 16.5. The van der Waals surface area contributed by atoms with E-state index in [4.69, 9.17) is 4.74 Å². The monoisotopic (exact) mass is 355 g/mol. The number of nitrogens with zero attached hydrogens (tertiary/aromatic N) is 2. The average Bonchev–Trinajstić information content (AvgIpc) is 2.70. The molecule has 5 nitrogen and oxygen atoms in total. The first kappa shape index (κ1) is 16.7. The number of amides is 1. The van der Waals surface area contributed by atoms with Crippen molar-refractivity contribution in [2.75, 3.05) is 5.32 Å². The van der Waals surface area contributed by atoms with E-state index in [1.54, 1.807) is 18.6 Å². The second-order valence-corrected chi connectivity index (χ2v) is 6.11. The highest BCUT2D eigenvalue weighted by Gasteiger charge is 2.12. The van der Waals surface area contributed by atoms with Crippen molar-refractivity contribution in [3.05, 3.63) is 90.5 Å². The van der Waals surface area contributed by atoms with Gasteiger partial charge >= 0.3 is 0 Å². The second kappa shape index (κ2) is 7.25. The molecule has 0 aliphatic rings. The molecule has 0 saturated heterocycles. The summed E-state index contributed by atoms with van der Waals surface area (Å²) in [6.07, 6.45) is 4.99. The van der Waals surface area contributed by atoms with E-state index in [0.29, 0.717) is 22.9 Å². The molecule has 0 saturated carbocycles. The van der Waals surface area contributed by atoms with Crippen LogP contribution in [0.15, 0.2) is 79.3 Å². The third-order valence-corrected chi connectivity index (χ3v) is 4.18. The van der Waals surface area contributed by atoms with Gasteiger partial charge in [-0.05, 0) is 54.3 Å². The molecular weight excluding hydrogens is 338 g/mol. The maximum atomic E-state index is 12.7. The van der Waals surface area contributed by atoms with Crippen molar-refractivity contribution in [2.45, 2.75) is 6.92 Å². The molecule has 4 rings (SSSR count). The predicted octanol–water partition coefficient (Wildman–Crippen LogP) is 4.98. The molecule has 27 heavy (non-hydrogen) atoms. The van der Waals surface area contributed by atoms with Crippen LogP contribution in [0.4, 0.5) is 5.69 Å². The van der Waals surface area contributed by atoms with Crippen molar-refractivity contribution in [3.63, 3.8) is 0 Å². The lowest BCUT2D eigenvalue weighted by Gasteiger charge is -2.11. The summed E-state index contributed by atoms with van der Waals surface area (Å²) in [5, 5.41) is 4.72. The minimum atomic E-state index is -0.243. The summed E-state index contributed by atoms with van der Waals surface area (Å²) >= 11 is 0. The molecule has 0 aliphatic carbocycles. The summed E-state index contributed by atoms with van der Waals surface area (Å²) in [5.74, 6) is 1.13. The lowest BCUT2D eigenvalue weighted by atomic mass is 10.1. The fraction of sp³-hybridized carbons (Fsp3) is 0.0455. The van der Waals surface area contributed by atoms with E-state index in [1.807, 2.05) is 67.6 Å². The molecule has 0 fully saturated rings. The van der Waals surface area contributed by atoms with Crippen LogP contribution >= 0.6 is 0 Å². The fourth-order valence-electron chi connectivity index (χ4n) is 2.87. The van der Waals surface area contributed by atoms with Crippen LogP contribution in [0.5, 0.6) is 11.5 Å². The number of rotatable bonds is 4. The van der Waals surface area contributed by atoms with Crippen molar-refractivity contribution in [1.82, 2.24) is 9.97 Å². The molecule has 2 aromatic heterocycles. The molecule has 2 aromatic carbocycles. The number of aryl methyl sites for hydroxylation is 1. The summed E-state index contributed by atoms with van der Waals surface area (Å²) in [6.45, 7) is 1.93. The van der Waals surface area contributed by atoms with Gasteiger partial charge in [0.25, 0.3) is 5.91 Å². The fourth-order valence-corrected chi connectivity index (χ4v) is 2.87. The number of benzene rings is 2. The molecule has 0 aliphatic heterocycles. The maximum absolute atomic E-state index is 12.7. The Kier molecular flexibility index (Phi) is 4.49. The Morgan fingerprint density at radius 3 is 2.70 bits per heavy atom. The number of fused-ring (bicyclic) bond motifs is 1. The van der Waals surface area contributed by atoms with Crippen LogP contribution in [0.25, 0.3) is 10.8 Å². The average molecular weight is 355 g/mol. The van der Waals surface area contributed by atoms with Crippen molar-refractivity contribution in [2.24, 2.45) is 0 Å². The topological polar surface area (TPSA) is 64.1 Å². The van der Waals surface area contributed by atoms with E-state index in [2.05, 4.69) is 15.3 Å². The van der Waals surface area contributed by atoms with Gasteiger partial charge < -0.3 is 10.1 Å². The van der Waals surface area contributed by atoms with Crippen LogP contribution in [0.3, 0.4) is 0 Å². The molecule has 4 aromatic rings. The number of carbonyl (C=O) groups is 1. The highest BCUT2D eigenvalue weighted by molar-refractivity contribution is 6.11. The molecule has 0 unspecified atom stereocenters. The summed E-state index contributed by atoms with van der Waals surface area (Å²) in [6, 6.07) is 18.7. The quantitative estimate of drug-likeness (QED) is 0.560. The van der Waals surface area contributed by atoms with Crippen molar-refractivity contribution < 1.29 is 9.53 Å². The largest absolute Gasteiger partial charge is 0.455 e. The normalized spacial score (nSPS) is 10.6. The lowest BCUT2D eigenvalue weighted by Crippen LogP contribution is -2.14. The lowest BCUT2D eigenvalue weighted by molar-refractivity contribution is 0.102. The van der Waals surface area contributed by atoms with Gasteiger partial charge in [-0.1, -0.05) is 24.3 Å². The van der Waals surface area contributed by atoms with Gasteiger partial charge in [0.15, 0.2) is 0 Å². The Labute approximate surface area is 156 Å². The molecule has 1 N–H and O–H groups in total. The number of carbonyl (C=O) groups excluding carboxylic acids is 1. The van der Waals surface area contributed by atoms with Gasteiger partial charge in [-0.25, -0.2) is 0 Å². The van der Waals surface area contributed by atoms with Gasteiger partial charge in [0.2, 0.25) is 0 Å². The van der Waals surface area contributed by atoms with Crippen molar-refractivity contribution >= 4 is 22.4 Å². The number of nitrogens with one attached hydrogen (secondary N) is 1. The SMILES string of the molecule is Cc1cc(NC(=O)c2nccc3ccccc23)ccc1Oc1cccnc1. The third kappa shape index (κ3) is 3.62. The van der Waals surface area contributed by atoms with Gasteiger partial charge in [0.05, 0.1) is 6.20 Å². The number of aromatic nitrogens is 2. The molecule has 0 radical (unpaired) electrons. The molecule has 5 heteroatoms. The van der Waals surface area contributed by atoms with E-state index in [1.165, 1.54) is 0 Å². The zero-order chi connectivity index (χ0) is 18.6. The Balaban J connectivity index is 1.56. The number of hydrogen-bond donors (Lipinski definition) is 1. The van der Waals surface area contributed by atoms with E-state index in [9.17, 15) is 4.79 Å². The summed E-state index contributed by atoms with van der Waals surface area (Å²) < 4.78 is 5.82. The van der Waals surface area contributed by atoms with Gasteiger partial charge in [-0.2, -0.15) is 0 Å². The van der Waals surface area contributed by atoms with Gasteiger partial charge in [0.1, 0.15) is 17.2 Å². The minimum absolute atomic E-state index is 0.243. The van der Waals surface area contributed by atoms with Gasteiger partial charge in [-0.15, -0.1) is 0 Å². The van der Waals surface area contributed by atoms with Crippen LogP contribution in [0.2, 0.25) is 0 Å². The number of pyridine rings is 2. The predicted molar refractivity (Wildman–Crippen MR) is 105 cm³/mol. The van der Waals surface area contributed by atoms with Gasteiger partial charge in [0, 0.05) is 23.5 Å². The molecule has 0 spiro atoms. The zero-order valence-corrected chi connectivity index (χ0v) is 14.7. The Morgan fingerprint density at radius 1 is 1.00 bits per heavy atom. The molecular formula is C22H17N3O2. The van der Waals surface area contributed by atoms with Gasteiger partial charge in [-0.3, -0.25) is 14.8 Å². The van der Waals surface area contributed by atoms with E-state index < -0.39 is 0 Å². The number of hydrogen-bond acceptors (Lipinski definition) is 4. The second-order valence-electron chi connectivity index (χ2n) is 6.11. The summed E-state index contributed by atoms with van der Waals surface area (Å²) in [4.78, 5) is 21.0. The first-order valence-electron chi connectivity index (χ1n) is 8.54. The van der Waals surface area contributed by atoms with E-state index in [-0.39, 0.29) is 5.91 Å². The first-order chi connectivity index (χ1) is 13.2. The Morgan fingerprint density at radius 2 is 1.89 bits per heavy atom. The summed E-state index contributed by atoms with van der Waals surface area (Å²) in [5.41, 5.74) is 2.00. The maximum Gasteiger partial charge on any atom is 0.274 e. The van der Waals surface area contributed by atoms with Crippen molar-refractivity contribution in [1.29, 1.82) is 0 Å². The van der Waals surface area contributed by atoms with Crippen LogP contribution in [0, 0.1) is 6.92 Å². The Bertz CT molecular complexity index is 1110.